The predicted molar refractivity (Wildman–Crippen MR) is 52.9 cm³/mol. The molecule has 0 aliphatic rings. The molecule has 70 valence electrons. The van der Waals surface area contributed by atoms with E-state index >= 15 is 0 Å². The summed E-state index contributed by atoms with van der Waals surface area (Å²) >= 11 is 0. The molecule has 0 fully saturated rings. The molecule has 0 aliphatic heterocycles. The monoisotopic (exact) mass is 191 g/mol. The number of phenolic OH excluding ortho intramolecular Hbond substituents is 1. The number of hydrogen-bond acceptors (Lipinski definition) is 2. The van der Waals surface area contributed by atoms with Gasteiger partial charge in [0.1, 0.15) is 5.75 Å². The maximum Gasteiger partial charge on any atom is 0.121 e. The van der Waals surface area contributed by atoms with Crippen molar-refractivity contribution in [1.82, 2.24) is 0 Å². The number of aromatic hydroxyl groups is 1. The van der Waals surface area contributed by atoms with E-state index in [1.54, 1.807) is 12.1 Å². The van der Waals surface area contributed by atoms with E-state index in [1.165, 1.54) is 0 Å². The third-order valence-electron chi connectivity index (χ3n) is 1.51. The molecular formula is C8H14ClNO2. The maximum absolute atomic E-state index is 9.28. The topological polar surface area (TPSA) is 77.8 Å². The highest BCUT2D eigenvalue weighted by Gasteiger charge is 1.99. The summed E-state index contributed by atoms with van der Waals surface area (Å²) in [5.41, 5.74) is 7.88. The molecule has 12 heavy (non-hydrogen) atoms. The molecule has 0 heterocycles. The van der Waals surface area contributed by atoms with Gasteiger partial charge in [0, 0.05) is 5.69 Å². The molecule has 1 aromatic carbocycles. The van der Waals surface area contributed by atoms with Gasteiger partial charge in [0.15, 0.2) is 0 Å². The molecule has 0 amide bonds. The normalized spacial score (nSPS) is 8.17. The van der Waals surface area contributed by atoms with Crippen LogP contribution in [0.3, 0.4) is 0 Å². The molecule has 5 N–H and O–H groups in total. The van der Waals surface area contributed by atoms with Gasteiger partial charge in [-0.3, -0.25) is 0 Å². The zero-order valence-electron chi connectivity index (χ0n) is 7.09. The van der Waals surface area contributed by atoms with Gasteiger partial charge in [-0.05, 0) is 37.1 Å². The van der Waals surface area contributed by atoms with Crippen LogP contribution in [0.5, 0.6) is 5.75 Å². The SMILES string of the molecule is Cc1cc(N)cc(C)c1O.Cl.O. The summed E-state index contributed by atoms with van der Waals surface area (Å²) in [6, 6.07) is 3.50. The Hall–Kier alpha value is -0.930. The number of phenols is 1. The molecule has 0 unspecified atom stereocenters. The van der Waals surface area contributed by atoms with Gasteiger partial charge in [-0.1, -0.05) is 0 Å². The lowest BCUT2D eigenvalue weighted by atomic mass is 10.1. The molecular weight excluding hydrogens is 178 g/mol. The van der Waals surface area contributed by atoms with Crippen LogP contribution in [0.25, 0.3) is 0 Å². The third kappa shape index (κ3) is 2.60. The van der Waals surface area contributed by atoms with Crippen LogP contribution in [0.1, 0.15) is 11.1 Å². The van der Waals surface area contributed by atoms with Gasteiger partial charge in [0.2, 0.25) is 0 Å². The van der Waals surface area contributed by atoms with Crippen molar-refractivity contribution in [3.05, 3.63) is 23.3 Å². The highest BCUT2D eigenvalue weighted by Crippen LogP contribution is 2.23. The third-order valence-corrected chi connectivity index (χ3v) is 1.51. The van der Waals surface area contributed by atoms with Gasteiger partial charge in [-0.2, -0.15) is 0 Å². The molecule has 0 aliphatic carbocycles. The van der Waals surface area contributed by atoms with Crippen LogP contribution >= 0.6 is 12.4 Å². The van der Waals surface area contributed by atoms with Crippen molar-refractivity contribution in [2.24, 2.45) is 0 Å². The van der Waals surface area contributed by atoms with Crippen molar-refractivity contribution >= 4 is 18.1 Å². The average molecular weight is 192 g/mol. The van der Waals surface area contributed by atoms with Crippen LogP contribution in [0.15, 0.2) is 12.1 Å². The first-order valence-corrected chi connectivity index (χ1v) is 3.17. The van der Waals surface area contributed by atoms with E-state index < -0.39 is 0 Å². The Bertz CT molecular complexity index is 240. The molecule has 0 radical (unpaired) electrons. The molecule has 1 aromatic rings. The van der Waals surface area contributed by atoms with Crippen LogP contribution in [-0.2, 0) is 0 Å². The van der Waals surface area contributed by atoms with E-state index in [2.05, 4.69) is 0 Å². The van der Waals surface area contributed by atoms with Crippen LogP contribution < -0.4 is 5.73 Å². The first-order chi connectivity index (χ1) is 4.61. The lowest BCUT2D eigenvalue weighted by molar-refractivity contribution is 0.467. The van der Waals surface area contributed by atoms with Crippen LogP contribution in [0.4, 0.5) is 5.69 Å². The highest BCUT2D eigenvalue weighted by atomic mass is 35.5. The highest BCUT2D eigenvalue weighted by molar-refractivity contribution is 5.85. The fraction of sp³-hybridized carbons (Fsp3) is 0.250. The molecule has 1 rings (SSSR count). The fourth-order valence-corrected chi connectivity index (χ4v) is 0.989. The smallest absolute Gasteiger partial charge is 0.121 e. The first-order valence-electron chi connectivity index (χ1n) is 3.17. The van der Waals surface area contributed by atoms with Crippen molar-refractivity contribution in [2.45, 2.75) is 13.8 Å². The number of hydrogen-bond donors (Lipinski definition) is 2. The minimum absolute atomic E-state index is 0. The van der Waals surface area contributed by atoms with Crippen molar-refractivity contribution in [3.8, 4) is 5.75 Å². The van der Waals surface area contributed by atoms with Gasteiger partial charge in [0.05, 0.1) is 0 Å². The predicted octanol–water partition coefficient (Wildman–Crippen LogP) is 1.19. The lowest BCUT2D eigenvalue weighted by Gasteiger charge is -2.03. The molecule has 0 atom stereocenters. The van der Waals surface area contributed by atoms with Gasteiger partial charge < -0.3 is 16.3 Å². The largest absolute Gasteiger partial charge is 0.507 e. The van der Waals surface area contributed by atoms with Crippen LogP contribution in [-0.4, -0.2) is 10.6 Å². The van der Waals surface area contributed by atoms with E-state index in [0.717, 1.165) is 11.1 Å². The Morgan fingerprint density at radius 1 is 1.17 bits per heavy atom. The Balaban J connectivity index is 0. The van der Waals surface area contributed by atoms with E-state index in [9.17, 15) is 5.11 Å². The van der Waals surface area contributed by atoms with Crippen molar-refractivity contribution in [2.75, 3.05) is 5.73 Å². The van der Waals surface area contributed by atoms with E-state index in [-0.39, 0.29) is 17.9 Å². The first kappa shape index (κ1) is 13.6. The van der Waals surface area contributed by atoms with Crippen molar-refractivity contribution in [3.63, 3.8) is 0 Å². The standard InChI is InChI=1S/C8H11NO.ClH.H2O/c1-5-3-7(9)4-6(2)8(5)10;;/h3-4,10H,9H2,1-2H3;1H;1H2. The number of benzene rings is 1. The molecule has 0 saturated heterocycles. The minimum atomic E-state index is 0. The number of nitrogens with two attached hydrogens (primary N) is 1. The summed E-state index contributed by atoms with van der Waals surface area (Å²) in [6.45, 7) is 3.66. The Labute approximate surface area is 77.9 Å². The van der Waals surface area contributed by atoms with Crippen molar-refractivity contribution < 1.29 is 10.6 Å². The van der Waals surface area contributed by atoms with Gasteiger partial charge in [-0.25, -0.2) is 0 Å². The number of rotatable bonds is 0. The van der Waals surface area contributed by atoms with Gasteiger partial charge >= 0.3 is 0 Å². The molecule has 3 nitrogen and oxygen atoms in total. The van der Waals surface area contributed by atoms with E-state index in [0.29, 0.717) is 11.4 Å². The zero-order chi connectivity index (χ0) is 7.72. The summed E-state index contributed by atoms with van der Waals surface area (Å²) in [5.74, 6) is 0.342. The van der Waals surface area contributed by atoms with Crippen LogP contribution in [0, 0.1) is 13.8 Å². The Morgan fingerprint density at radius 2 is 1.50 bits per heavy atom. The van der Waals surface area contributed by atoms with Gasteiger partial charge in [0.25, 0.3) is 0 Å². The Kier molecular flexibility index (Phi) is 5.51. The number of nitrogen functional groups attached to an aromatic ring is 1. The average Bonchev–Trinajstić information content (AvgIpc) is 1.82. The number of halogens is 1. The maximum atomic E-state index is 9.28. The second-order valence-electron chi connectivity index (χ2n) is 2.50. The molecule has 4 heteroatoms. The molecule has 0 spiro atoms. The summed E-state index contributed by atoms with van der Waals surface area (Å²) in [5, 5.41) is 9.28. The number of aryl methyl sites for hydroxylation is 2. The zero-order valence-corrected chi connectivity index (χ0v) is 7.90. The van der Waals surface area contributed by atoms with Crippen LogP contribution in [0.2, 0.25) is 0 Å². The van der Waals surface area contributed by atoms with E-state index in [1.807, 2.05) is 13.8 Å². The minimum Gasteiger partial charge on any atom is -0.507 e. The second kappa shape index (κ2) is 4.85. The summed E-state index contributed by atoms with van der Waals surface area (Å²) in [4.78, 5) is 0. The lowest BCUT2D eigenvalue weighted by Crippen LogP contribution is -1.87. The quantitative estimate of drug-likeness (QED) is 0.477. The fourth-order valence-electron chi connectivity index (χ4n) is 0.989. The summed E-state index contributed by atoms with van der Waals surface area (Å²) < 4.78 is 0. The second-order valence-corrected chi connectivity index (χ2v) is 2.50. The van der Waals surface area contributed by atoms with Gasteiger partial charge in [-0.15, -0.1) is 12.4 Å². The number of anilines is 1. The Morgan fingerprint density at radius 3 is 1.83 bits per heavy atom. The summed E-state index contributed by atoms with van der Waals surface area (Å²) in [6.07, 6.45) is 0. The molecule has 0 saturated carbocycles. The molecule has 0 bridgehead atoms. The molecule has 0 aromatic heterocycles. The van der Waals surface area contributed by atoms with Crippen molar-refractivity contribution in [1.29, 1.82) is 0 Å². The van der Waals surface area contributed by atoms with E-state index in [4.69, 9.17) is 5.73 Å². The summed E-state index contributed by atoms with van der Waals surface area (Å²) in [7, 11) is 0.